The summed E-state index contributed by atoms with van der Waals surface area (Å²) >= 11 is 1.59. The van der Waals surface area contributed by atoms with E-state index in [1.807, 2.05) is 54.6 Å². The van der Waals surface area contributed by atoms with Crippen LogP contribution in [0.15, 0.2) is 88.9 Å². The number of ether oxygens (including phenoxy) is 1. The number of nitrogens with zero attached hydrogens (tertiary/aromatic N) is 2. The van der Waals surface area contributed by atoms with Crippen molar-refractivity contribution < 1.29 is 9.15 Å². The van der Waals surface area contributed by atoms with Gasteiger partial charge in [0.1, 0.15) is 28.1 Å². The molecular formula is C24H14N2O2S. The topological polar surface area (TPSA) is 48.2 Å². The van der Waals surface area contributed by atoms with Crippen LogP contribution in [0.1, 0.15) is 0 Å². The van der Waals surface area contributed by atoms with Gasteiger partial charge in [0.05, 0.1) is 5.39 Å². The Labute approximate surface area is 170 Å². The molecule has 0 saturated carbocycles. The third kappa shape index (κ3) is 2.67. The second-order valence-electron chi connectivity index (χ2n) is 6.73. The van der Waals surface area contributed by atoms with E-state index in [4.69, 9.17) is 9.15 Å². The fourth-order valence-electron chi connectivity index (χ4n) is 3.64. The molecule has 4 nitrogen and oxygen atoms in total. The van der Waals surface area contributed by atoms with Gasteiger partial charge in [0.15, 0.2) is 0 Å². The van der Waals surface area contributed by atoms with Gasteiger partial charge in [-0.2, -0.15) is 0 Å². The van der Waals surface area contributed by atoms with E-state index in [9.17, 15) is 0 Å². The second kappa shape index (κ2) is 6.43. The molecular weight excluding hydrogens is 380 g/mol. The van der Waals surface area contributed by atoms with Gasteiger partial charge in [0, 0.05) is 21.7 Å². The molecule has 0 unspecified atom stereocenters. The summed E-state index contributed by atoms with van der Waals surface area (Å²) in [5, 5.41) is 5.13. The zero-order valence-electron chi connectivity index (χ0n) is 15.2. The van der Waals surface area contributed by atoms with Crippen LogP contribution < -0.4 is 4.74 Å². The predicted molar refractivity (Wildman–Crippen MR) is 117 cm³/mol. The molecule has 3 aromatic carbocycles. The molecule has 0 aliphatic heterocycles. The molecule has 3 heterocycles. The van der Waals surface area contributed by atoms with Crippen molar-refractivity contribution in [1.29, 1.82) is 0 Å². The Hall–Kier alpha value is -3.70. The van der Waals surface area contributed by atoms with Gasteiger partial charge in [-0.3, -0.25) is 0 Å². The minimum Gasteiger partial charge on any atom is -0.456 e. The first-order valence-corrected chi connectivity index (χ1v) is 10.1. The Morgan fingerprint density at radius 2 is 1.62 bits per heavy atom. The van der Waals surface area contributed by atoms with Crippen LogP contribution in [0.25, 0.3) is 43.3 Å². The van der Waals surface area contributed by atoms with Crippen molar-refractivity contribution in [1.82, 2.24) is 9.97 Å². The lowest BCUT2D eigenvalue weighted by atomic mass is 10.1. The lowest BCUT2D eigenvalue weighted by molar-refractivity contribution is 0.469. The molecule has 0 amide bonds. The lowest BCUT2D eigenvalue weighted by Crippen LogP contribution is -1.90. The van der Waals surface area contributed by atoms with Crippen LogP contribution in [0.4, 0.5) is 0 Å². The molecule has 6 aromatic rings. The fraction of sp³-hybridized carbons (Fsp3) is 0. The third-order valence-corrected chi connectivity index (χ3v) is 5.87. The van der Waals surface area contributed by atoms with Crippen molar-refractivity contribution in [2.45, 2.75) is 0 Å². The first kappa shape index (κ1) is 16.3. The Bertz CT molecular complexity index is 1480. The number of hydrogen-bond acceptors (Lipinski definition) is 5. The molecule has 0 atom stereocenters. The summed E-state index contributed by atoms with van der Waals surface area (Å²) < 4.78 is 12.2. The summed E-state index contributed by atoms with van der Waals surface area (Å²) in [6.45, 7) is 0. The number of aromatic nitrogens is 2. The van der Waals surface area contributed by atoms with E-state index in [0.717, 1.165) is 43.3 Å². The number of rotatable bonds is 3. The summed E-state index contributed by atoms with van der Waals surface area (Å²) in [5.41, 5.74) is 3.91. The van der Waals surface area contributed by atoms with E-state index < -0.39 is 0 Å². The predicted octanol–water partition coefficient (Wildman–Crippen LogP) is 7.05. The standard InChI is InChI=1S/C24H14N2O2S/c1-2-6-15(7-3-1)19-13-29-24-22(19)23(25-14-26-24)27-16-10-11-21-18(12-16)17-8-4-5-9-20(17)28-21/h1-14H. The molecule has 138 valence electrons. The summed E-state index contributed by atoms with van der Waals surface area (Å²) in [4.78, 5) is 9.77. The number of thiophene rings is 1. The number of fused-ring (bicyclic) bond motifs is 4. The maximum atomic E-state index is 6.25. The van der Waals surface area contributed by atoms with Crippen LogP contribution in [-0.2, 0) is 0 Å². The molecule has 3 aromatic heterocycles. The normalized spacial score (nSPS) is 11.4. The van der Waals surface area contributed by atoms with E-state index in [1.165, 1.54) is 0 Å². The van der Waals surface area contributed by atoms with Crippen molar-refractivity contribution in [3.63, 3.8) is 0 Å². The number of furan rings is 1. The van der Waals surface area contributed by atoms with E-state index in [1.54, 1.807) is 17.7 Å². The lowest BCUT2D eigenvalue weighted by Gasteiger charge is -2.07. The summed E-state index contributed by atoms with van der Waals surface area (Å²) in [6.07, 6.45) is 1.55. The highest BCUT2D eigenvalue weighted by atomic mass is 32.1. The third-order valence-electron chi connectivity index (χ3n) is 4.98. The number of para-hydroxylation sites is 1. The number of hydrogen-bond donors (Lipinski definition) is 0. The van der Waals surface area contributed by atoms with Gasteiger partial charge in [-0.1, -0.05) is 48.5 Å². The molecule has 0 N–H and O–H groups in total. The van der Waals surface area contributed by atoms with Crippen LogP contribution in [-0.4, -0.2) is 9.97 Å². The smallest absolute Gasteiger partial charge is 0.231 e. The van der Waals surface area contributed by atoms with Gasteiger partial charge in [-0.25, -0.2) is 9.97 Å². The molecule has 0 aliphatic rings. The molecule has 0 bridgehead atoms. The Kier molecular flexibility index (Phi) is 3.61. The molecule has 6 rings (SSSR count). The zero-order chi connectivity index (χ0) is 19.2. The molecule has 0 spiro atoms. The van der Waals surface area contributed by atoms with Crippen molar-refractivity contribution in [3.05, 3.63) is 84.5 Å². The van der Waals surface area contributed by atoms with Gasteiger partial charge in [-0.05, 0) is 29.8 Å². The first-order valence-electron chi connectivity index (χ1n) is 9.23. The Morgan fingerprint density at radius 1 is 0.793 bits per heavy atom. The van der Waals surface area contributed by atoms with Crippen molar-refractivity contribution in [2.75, 3.05) is 0 Å². The van der Waals surface area contributed by atoms with Gasteiger partial charge in [0.2, 0.25) is 5.88 Å². The molecule has 5 heteroatoms. The molecule has 29 heavy (non-hydrogen) atoms. The van der Waals surface area contributed by atoms with Crippen molar-refractivity contribution in [3.8, 4) is 22.8 Å². The minimum atomic E-state index is 0.558. The van der Waals surface area contributed by atoms with Crippen LogP contribution in [0.5, 0.6) is 11.6 Å². The highest BCUT2D eigenvalue weighted by Crippen LogP contribution is 2.39. The summed E-state index contributed by atoms with van der Waals surface area (Å²) in [5.74, 6) is 1.27. The van der Waals surface area contributed by atoms with E-state index in [2.05, 4.69) is 33.5 Å². The number of benzene rings is 3. The Morgan fingerprint density at radius 3 is 2.55 bits per heavy atom. The highest BCUT2D eigenvalue weighted by molar-refractivity contribution is 7.17. The molecule has 0 aliphatic carbocycles. The van der Waals surface area contributed by atoms with Gasteiger partial charge < -0.3 is 9.15 Å². The minimum absolute atomic E-state index is 0.558. The second-order valence-corrected chi connectivity index (χ2v) is 7.59. The summed E-state index contributed by atoms with van der Waals surface area (Å²) in [7, 11) is 0. The van der Waals surface area contributed by atoms with Crippen molar-refractivity contribution >= 4 is 43.5 Å². The molecule has 0 radical (unpaired) electrons. The monoisotopic (exact) mass is 394 g/mol. The molecule has 0 saturated heterocycles. The van der Waals surface area contributed by atoms with Crippen molar-refractivity contribution in [2.24, 2.45) is 0 Å². The zero-order valence-corrected chi connectivity index (χ0v) is 16.0. The summed E-state index contributed by atoms with van der Waals surface area (Å²) in [6, 6.07) is 24.1. The first-order chi connectivity index (χ1) is 14.4. The van der Waals surface area contributed by atoms with Gasteiger partial charge in [0.25, 0.3) is 0 Å². The largest absolute Gasteiger partial charge is 0.456 e. The molecule has 0 fully saturated rings. The van der Waals surface area contributed by atoms with Crippen LogP contribution in [0.3, 0.4) is 0 Å². The maximum absolute atomic E-state index is 6.25. The van der Waals surface area contributed by atoms with E-state index >= 15 is 0 Å². The van der Waals surface area contributed by atoms with E-state index in [0.29, 0.717) is 11.6 Å². The Balaban J connectivity index is 1.49. The average Bonchev–Trinajstić information content (AvgIpc) is 3.36. The van der Waals surface area contributed by atoms with Gasteiger partial charge >= 0.3 is 0 Å². The quantitative estimate of drug-likeness (QED) is 0.323. The van der Waals surface area contributed by atoms with Gasteiger partial charge in [-0.15, -0.1) is 11.3 Å². The van der Waals surface area contributed by atoms with Crippen LogP contribution in [0, 0.1) is 0 Å². The fourth-order valence-corrected chi connectivity index (χ4v) is 4.54. The van der Waals surface area contributed by atoms with Crippen LogP contribution >= 0.6 is 11.3 Å². The van der Waals surface area contributed by atoms with Crippen LogP contribution in [0.2, 0.25) is 0 Å². The average molecular weight is 394 g/mol. The SMILES string of the molecule is c1ccc(-c2csc3ncnc(Oc4ccc5oc6ccccc6c5c4)c23)cc1. The van der Waals surface area contributed by atoms with E-state index in [-0.39, 0.29) is 0 Å². The maximum Gasteiger partial charge on any atom is 0.231 e. The highest BCUT2D eigenvalue weighted by Gasteiger charge is 2.15.